The van der Waals surface area contributed by atoms with Gasteiger partial charge in [0.05, 0.1) is 24.6 Å². The molecule has 0 aliphatic carbocycles. The number of hydrogen-bond donors (Lipinski definition) is 2. The van der Waals surface area contributed by atoms with Crippen molar-refractivity contribution in [2.24, 2.45) is 0 Å². The molecule has 1 amide bonds. The topological polar surface area (TPSA) is 74.4 Å². The highest BCUT2D eigenvalue weighted by Gasteiger charge is 2.24. The van der Waals surface area contributed by atoms with Crippen LogP contribution in [0.25, 0.3) is 10.9 Å². The predicted octanol–water partition coefficient (Wildman–Crippen LogP) is 2.81. The van der Waals surface area contributed by atoms with E-state index < -0.39 is 17.1 Å². The van der Waals surface area contributed by atoms with E-state index in [9.17, 15) is 18.4 Å². The number of hydrogen-bond acceptors (Lipinski definition) is 4. The van der Waals surface area contributed by atoms with Crippen LogP contribution in [-0.2, 0) is 17.8 Å². The molecule has 2 heterocycles. The van der Waals surface area contributed by atoms with Crippen LogP contribution >= 0.6 is 0 Å². The first kappa shape index (κ1) is 19.1. The number of nitrogens with zero attached hydrogens (tertiary/aromatic N) is 1. The number of carbonyl (C=O) groups is 1. The molecule has 3 aromatic rings. The van der Waals surface area contributed by atoms with Crippen molar-refractivity contribution in [1.29, 1.82) is 0 Å². The number of anilines is 1. The fourth-order valence-electron chi connectivity index (χ4n) is 3.58. The molecule has 0 bridgehead atoms. The Labute approximate surface area is 165 Å². The van der Waals surface area contributed by atoms with Crippen LogP contribution < -0.4 is 15.5 Å². The van der Waals surface area contributed by atoms with Gasteiger partial charge in [0.1, 0.15) is 17.4 Å². The molecule has 2 N–H and O–H groups in total. The third kappa shape index (κ3) is 3.71. The van der Waals surface area contributed by atoms with Gasteiger partial charge in [0, 0.05) is 36.5 Å². The summed E-state index contributed by atoms with van der Waals surface area (Å²) in [4.78, 5) is 29.8. The molecule has 29 heavy (non-hydrogen) atoms. The van der Waals surface area contributed by atoms with E-state index in [0.29, 0.717) is 35.7 Å². The first-order chi connectivity index (χ1) is 14.0. The smallest absolute Gasteiger partial charge is 0.238 e. The van der Waals surface area contributed by atoms with Crippen LogP contribution in [0.3, 0.4) is 0 Å². The third-order valence-electron chi connectivity index (χ3n) is 5.05. The van der Waals surface area contributed by atoms with Gasteiger partial charge in [-0.1, -0.05) is 0 Å². The van der Waals surface area contributed by atoms with E-state index in [-0.39, 0.29) is 29.9 Å². The van der Waals surface area contributed by atoms with Crippen LogP contribution in [0.1, 0.15) is 11.3 Å². The SMILES string of the molecule is COc1ccc(NC(=O)CN2CCc3[nH]c4c(F)ccc(F)c4c(=O)c3C2)cc1. The molecule has 1 aliphatic heterocycles. The van der Waals surface area contributed by atoms with Crippen molar-refractivity contribution < 1.29 is 18.3 Å². The van der Waals surface area contributed by atoms with Crippen LogP contribution in [0.2, 0.25) is 0 Å². The van der Waals surface area contributed by atoms with Gasteiger partial charge >= 0.3 is 0 Å². The summed E-state index contributed by atoms with van der Waals surface area (Å²) >= 11 is 0. The normalized spacial score (nSPS) is 13.9. The summed E-state index contributed by atoms with van der Waals surface area (Å²) in [5.74, 6) is -0.971. The number of methoxy groups -OCH3 is 1. The van der Waals surface area contributed by atoms with Crippen molar-refractivity contribution in [3.05, 3.63) is 69.5 Å². The largest absolute Gasteiger partial charge is 0.497 e. The van der Waals surface area contributed by atoms with Crippen molar-refractivity contribution in [2.45, 2.75) is 13.0 Å². The quantitative estimate of drug-likeness (QED) is 0.708. The number of aromatic nitrogens is 1. The molecule has 2 aromatic carbocycles. The number of nitrogens with one attached hydrogen (secondary N) is 2. The Hall–Kier alpha value is -3.26. The Kier molecular flexibility index (Phi) is 5.02. The number of carbonyl (C=O) groups excluding carboxylic acids is 1. The molecule has 1 aliphatic rings. The van der Waals surface area contributed by atoms with Gasteiger partial charge in [-0.05, 0) is 36.4 Å². The van der Waals surface area contributed by atoms with Gasteiger partial charge in [-0.2, -0.15) is 0 Å². The van der Waals surface area contributed by atoms with Crippen molar-refractivity contribution in [1.82, 2.24) is 9.88 Å². The van der Waals surface area contributed by atoms with E-state index in [4.69, 9.17) is 4.74 Å². The summed E-state index contributed by atoms with van der Waals surface area (Å²) in [5.41, 5.74) is 0.935. The van der Waals surface area contributed by atoms with E-state index in [1.54, 1.807) is 36.3 Å². The second kappa shape index (κ2) is 7.63. The summed E-state index contributed by atoms with van der Waals surface area (Å²) in [7, 11) is 1.56. The van der Waals surface area contributed by atoms with Crippen LogP contribution in [0.4, 0.5) is 14.5 Å². The molecule has 150 valence electrons. The zero-order valence-electron chi connectivity index (χ0n) is 15.7. The maximum atomic E-state index is 14.1. The van der Waals surface area contributed by atoms with Crippen molar-refractivity contribution in [3.63, 3.8) is 0 Å². The predicted molar refractivity (Wildman–Crippen MR) is 105 cm³/mol. The van der Waals surface area contributed by atoms with E-state index in [1.165, 1.54) is 0 Å². The lowest BCUT2D eigenvalue weighted by Gasteiger charge is -2.28. The molecular weight excluding hydrogens is 380 g/mol. The third-order valence-corrected chi connectivity index (χ3v) is 5.05. The fourth-order valence-corrected chi connectivity index (χ4v) is 3.58. The standard InChI is InChI=1S/C21H19F2N3O3/c1-29-13-4-2-12(3-5-13)24-18(27)11-26-9-8-17-14(10-26)21(28)19-15(22)6-7-16(23)20(19)25-17/h2-7H,8-11H2,1H3,(H,24,27)(H,25,28). The van der Waals surface area contributed by atoms with Crippen LogP contribution in [0, 0.1) is 11.6 Å². The van der Waals surface area contributed by atoms with Gasteiger partial charge in [-0.25, -0.2) is 8.78 Å². The second-order valence-electron chi connectivity index (χ2n) is 6.93. The number of rotatable bonds is 4. The minimum absolute atomic E-state index is 0.0780. The fraction of sp³-hybridized carbons (Fsp3) is 0.238. The molecule has 8 heteroatoms. The summed E-state index contributed by atoms with van der Waals surface area (Å²) < 4.78 is 33.2. The first-order valence-electron chi connectivity index (χ1n) is 9.14. The van der Waals surface area contributed by atoms with E-state index >= 15 is 0 Å². The molecule has 4 rings (SSSR count). The molecule has 0 saturated heterocycles. The van der Waals surface area contributed by atoms with Crippen LogP contribution in [0.15, 0.2) is 41.2 Å². The zero-order chi connectivity index (χ0) is 20.5. The highest BCUT2D eigenvalue weighted by Crippen LogP contribution is 2.22. The molecule has 0 fully saturated rings. The molecule has 0 saturated carbocycles. The summed E-state index contributed by atoms with van der Waals surface area (Å²) in [6.45, 7) is 0.780. The first-order valence-corrected chi connectivity index (χ1v) is 9.14. The van der Waals surface area contributed by atoms with Crippen molar-refractivity contribution >= 4 is 22.5 Å². The number of amides is 1. The van der Waals surface area contributed by atoms with Gasteiger partial charge in [0.25, 0.3) is 0 Å². The van der Waals surface area contributed by atoms with Gasteiger partial charge in [-0.3, -0.25) is 14.5 Å². The monoisotopic (exact) mass is 399 g/mol. The number of H-pyrrole nitrogens is 1. The van der Waals surface area contributed by atoms with Gasteiger partial charge in [0.2, 0.25) is 5.91 Å². The lowest BCUT2D eigenvalue weighted by molar-refractivity contribution is -0.117. The highest BCUT2D eigenvalue weighted by molar-refractivity contribution is 5.92. The maximum absolute atomic E-state index is 14.1. The molecule has 0 radical (unpaired) electrons. The molecule has 1 aromatic heterocycles. The van der Waals surface area contributed by atoms with Gasteiger partial charge < -0.3 is 15.0 Å². The number of pyridine rings is 1. The molecule has 0 spiro atoms. The Balaban J connectivity index is 1.52. The van der Waals surface area contributed by atoms with Crippen molar-refractivity contribution in [3.8, 4) is 5.75 Å². The molecule has 6 nitrogen and oxygen atoms in total. The van der Waals surface area contributed by atoms with E-state index in [1.807, 2.05) is 0 Å². The average molecular weight is 399 g/mol. The number of benzene rings is 2. The zero-order valence-corrected chi connectivity index (χ0v) is 15.7. The number of fused-ring (bicyclic) bond motifs is 2. The molecular formula is C21H19F2N3O3. The van der Waals surface area contributed by atoms with E-state index in [0.717, 1.165) is 12.1 Å². The van der Waals surface area contributed by atoms with Gasteiger partial charge in [0.15, 0.2) is 5.43 Å². The average Bonchev–Trinajstić information content (AvgIpc) is 2.71. The second-order valence-corrected chi connectivity index (χ2v) is 6.93. The minimum atomic E-state index is -0.764. The number of ether oxygens (including phenoxy) is 1. The van der Waals surface area contributed by atoms with Crippen LogP contribution in [0.5, 0.6) is 5.75 Å². The lowest BCUT2D eigenvalue weighted by Crippen LogP contribution is -2.39. The minimum Gasteiger partial charge on any atom is -0.497 e. The Morgan fingerprint density at radius 3 is 2.62 bits per heavy atom. The van der Waals surface area contributed by atoms with Crippen molar-refractivity contribution in [2.75, 3.05) is 25.5 Å². The Morgan fingerprint density at radius 1 is 1.17 bits per heavy atom. The number of halogens is 2. The number of aromatic amines is 1. The Bertz CT molecular complexity index is 1140. The molecule has 0 unspecified atom stereocenters. The highest BCUT2D eigenvalue weighted by atomic mass is 19.1. The summed E-state index contributed by atoms with van der Waals surface area (Å²) in [6, 6.07) is 8.89. The maximum Gasteiger partial charge on any atom is 0.238 e. The molecule has 0 atom stereocenters. The van der Waals surface area contributed by atoms with Gasteiger partial charge in [-0.15, -0.1) is 0 Å². The van der Waals surface area contributed by atoms with E-state index in [2.05, 4.69) is 10.3 Å². The van der Waals surface area contributed by atoms with Crippen LogP contribution in [-0.4, -0.2) is 36.0 Å². The lowest BCUT2D eigenvalue weighted by atomic mass is 10.0. The Morgan fingerprint density at radius 2 is 1.90 bits per heavy atom. The summed E-state index contributed by atoms with van der Waals surface area (Å²) in [5, 5.41) is 2.51. The summed E-state index contributed by atoms with van der Waals surface area (Å²) in [6.07, 6.45) is 0.437.